The summed E-state index contributed by atoms with van der Waals surface area (Å²) >= 11 is 3.97. The molecule has 6 heteroatoms. The van der Waals surface area contributed by atoms with Crippen LogP contribution in [0.2, 0.25) is 0 Å². The van der Waals surface area contributed by atoms with Crippen molar-refractivity contribution in [1.82, 2.24) is 4.90 Å². The number of benzene rings is 1. The van der Waals surface area contributed by atoms with Crippen LogP contribution in [0.1, 0.15) is 25.3 Å². The van der Waals surface area contributed by atoms with Crippen LogP contribution in [-0.2, 0) is 9.59 Å². The molecule has 2 fully saturated rings. The minimum absolute atomic E-state index is 0.0823. The molecule has 0 aliphatic carbocycles. The Hall–Kier alpha value is -0.760. The Kier molecular flexibility index (Phi) is 3.94. The van der Waals surface area contributed by atoms with Crippen molar-refractivity contribution in [2.75, 3.05) is 11.1 Å². The van der Waals surface area contributed by atoms with Gasteiger partial charge in [-0.15, -0.1) is 11.8 Å². The molecule has 0 bridgehead atoms. The van der Waals surface area contributed by atoms with Gasteiger partial charge in [-0.2, -0.15) is 0 Å². The summed E-state index contributed by atoms with van der Waals surface area (Å²) < 4.78 is 1.12. The number of aryl methyl sites for hydroxylation is 1. The maximum Gasteiger partial charge on any atom is 0.248 e. The molecule has 2 amide bonds. The van der Waals surface area contributed by atoms with Crippen LogP contribution in [0, 0.1) is 10.5 Å². The van der Waals surface area contributed by atoms with Gasteiger partial charge in [-0.25, -0.2) is 0 Å². The highest BCUT2D eigenvalue weighted by Gasteiger charge is 2.52. The molecule has 1 aromatic carbocycles. The summed E-state index contributed by atoms with van der Waals surface area (Å²) in [5, 5.41) is 2.95. The average molecular weight is 416 g/mol. The Morgan fingerprint density at radius 1 is 1.52 bits per heavy atom. The largest absolute Gasteiger partial charge is 0.324 e. The molecule has 2 heterocycles. The molecule has 0 radical (unpaired) electrons. The Bertz CT molecular complexity index is 622. The van der Waals surface area contributed by atoms with Crippen molar-refractivity contribution in [2.24, 2.45) is 0 Å². The molecule has 0 saturated carbocycles. The van der Waals surface area contributed by atoms with Gasteiger partial charge in [0.15, 0.2) is 0 Å². The molecule has 4 nitrogen and oxygen atoms in total. The number of hydrogen-bond acceptors (Lipinski definition) is 3. The minimum atomic E-state index is -0.353. The molecule has 2 saturated heterocycles. The van der Waals surface area contributed by atoms with Crippen LogP contribution in [0.4, 0.5) is 5.69 Å². The van der Waals surface area contributed by atoms with Gasteiger partial charge in [0.05, 0.1) is 4.87 Å². The topological polar surface area (TPSA) is 49.4 Å². The van der Waals surface area contributed by atoms with Crippen molar-refractivity contribution in [3.05, 3.63) is 27.3 Å². The van der Waals surface area contributed by atoms with E-state index in [2.05, 4.69) is 34.8 Å². The quantitative estimate of drug-likeness (QED) is 0.755. The number of anilines is 1. The summed E-state index contributed by atoms with van der Waals surface area (Å²) in [7, 11) is 0. The number of amides is 2. The van der Waals surface area contributed by atoms with Gasteiger partial charge < -0.3 is 10.2 Å². The number of fused-ring (bicyclic) bond motifs is 1. The standard InChI is InChI=1S/C15H17IN2O2S/c1-9-3-4-10(7-11(9)16)17-14(20)12-8-21-15(2)6-5-13(19)18(12)15/h3-4,7,12H,5-6,8H2,1-2H3,(H,17,20)/t12-,15+/m0/s1. The fourth-order valence-electron chi connectivity index (χ4n) is 2.91. The smallest absolute Gasteiger partial charge is 0.248 e. The molecule has 0 aromatic heterocycles. The third kappa shape index (κ3) is 2.67. The van der Waals surface area contributed by atoms with Gasteiger partial charge >= 0.3 is 0 Å². The van der Waals surface area contributed by atoms with E-state index in [0.29, 0.717) is 12.2 Å². The van der Waals surface area contributed by atoms with Gasteiger partial charge in [-0.3, -0.25) is 9.59 Å². The average Bonchev–Trinajstić information content (AvgIpc) is 2.91. The van der Waals surface area contributed by atoms with Crippen LogP contribution in [0.5, 0.6) is 0 Å². The predicted octanol–water partition coefficient (Wildman–Crippen LogP) is 2.99. The van der Waals surface area contributed by atoms with Crippen molar-refractivity contribution < 1.29 is 9.59 Å². The molecule has 112 valence electrons. The van der Waals surface area contributed by atoms with Gasteiger partial charge in [0.25, 0.3) is 0 Å². The van der Waals surface area contributed by atoms with E-state index in [1.54, 1.807) is 16.7 Å². The molecule has 1 N–H and O–H groups in total. The van der Waals surface area contributed by atoms with Gasteiger partial charge in [0.2, 0.25) is 11.8 Å². The van der Waals surface area contributed by atoms with Gasteiger partial charge in [0, 0.05) is 21.4 Å². The summed E-state index contributed by atoms with van der Waals surface area (Å²) in [5.74, 6) is 0.694. The maximum atomic E-state index is 12.5. The van der Waals surface area contributed by atoms with Crippen molar-refractivity contribution in [3.8, 4) is 0 Å². The van der Waals surface area contributed by atoms with Gasteiger partial charge in [0.1, 0.15) is 6.04 Å². The van der Waals surface area contributed by atoms with Crippen molar-refractivity contribution in [3.63, 3.8) is 0 Å². The summed E-state index contributed by atoms with van der Waals surface area (Å²) in [6.07, 6.45) is 1.39. The number of rotatable bonds is 2. The van der Waals surface area contributed by atoms with Crippen LogP contribution < -0.4 is 5.32 Å². The highest BCUT2D eigenvalue weighted by atomic mass is 127. The summed E-state index contributed by atoms with van der Waals surface area (Å²) in [5.41, 5.74) is 1.98. The first kappa shape index (κ1) is 15.1. The van der Waals surface area contributed by atoms with Crippen LogP contribution in [-0.4, -0.2) is 33.4 Å². The Morgan fingerprint density at radius 2 is 2.29 bits per heavy atom. The SMILES string of the molecule is Cc1ccc(NC(=O)[C@@H]2CS[C@]3(C)CCC(=O)N23)cc1I. The third-order valence-electron chi connectivity index (χ3n) is 4.19. The molecule has 2 atom stereocenters. The van der Waals surface area contributed by atoms with Gasteiger partial charge in [-0.1, -0.05) is 6.07 Å². The molecular formula is C15H17IN2O2S. The lowest BCUT2D eigenvalue weighted by Gasteiger charge is -2.29. The van der Waals surface area contributed by atoms with Gasteiger partial charge in [-0.05, 0) is 60.6 Å². The second kappa shape index (κ2) is 5.46. The second-order valence-electron chi connectivity index (χ2n) is 5.72. The lowest BCUT2D eigenvalue weighted by molar-refractivity contribution is -0.135. The molecule has 2 aliphatic heterocycles. The van der Waals surface area contributed by atoms with E-state index in [1.807, 2.05) is 25.1 Å². The summed E-state index contributed by atoms with van der Waals surface area (Å²) in [6, 6.07) is 5.50. The maximum absolute atomic E-state index is 12.5. The Morgan fingerprint density at radius 3 is 3.00 bits per heavy atom. The normalized spacial score (nSPS) is 27.9. The third-order valence-corrected chi connectivity index (χ3v) is 6.85. The monoisotopic (exact) mass is 416 g/mol. The summed E-state index contributed by atoms with van der Waals surface area (Å²) in [4.78, 5) is 26.2. The fourth-order valence-corrected chi connectivity index (χ4v) is 4.86. The first-order valence-electron chi connectivity index (χ1n) is 6.94. The fraction of sp³-hybridized carbons (Fsp3) is 0.467. The number of hydrogen-bond donors (Lipinski definition) is 1. The van der Waals surface area contributed by atoms with E-state index in [1.165, 1.54) is 5.56 Å². The zero-order chi connectivity index (χ0) is 15.2. The van der Waals surface area contributed by atoms with Crippen molar-refractivity contribution in [2.45, 2.75) is 37.6 Å². The second-order valence-corrected chi connectivity index (χ2v) is 8.38. The van der Waals surface area contributed by atoms with E-state index in [9.17, 15) is 9.59 Å². The number of thioether (sulfide) groups is 1. The first-order valence-corrected chi connectivity index (χ1v) is 9.00. The number of carbonyl (C=O) groups excluding carboxylic acids is 2. The number of nitrogens with zero attached hydrogens (tertiary/aromatic N) is 1. The minimum Gasteiger partial charge on any atom is -0.324 e. The first-order chi connectivity index (χ1) is 9.90. The van der Waals surface area contributed by atoms with Crippen LogP contribution >= 0.6 is 34.4 Å². The zero-order valence-corrected chi connectivity index (χ0v) is 15.0. The van der Waals surface area contributed by atoms with E-state index < -0.39 is 0 Å². The lowest BCUT2D eigenvalue weighted by atomic mass is 10.2. The Balaban J connectivity index is 1.77. The van der Waals surface area contributed by atoms with E-state index in [0.717, 1.165) is 15.7 Å². The molecule has 2 aliphatic rings. The van der Waals surface area contributed by atoms with Crippen molar-refractivity contribution >= 4 is 51.9 Å². The Labute approximate surface area is 142 Å². The summed E-state index contributed by atoms with van der Waals surface area (Å²) in [6.45, 7) is 4.10. The molecule has 1 aromatic rings. The molecule has 0 spiro atoms. The molecule has 3 rings (SSSR count). The molecule has 0 unspecified atom stereocenters. The van der Waals surface area contributed by atoms with Crippen molar-refractivity contribution in [1.29, 1.82) is 0 Å². The molecule has 21 heavy (non-hydrogen) atoms. The van der Waals surface area contributed by atoms with Crippen LogP contribution in [0.3, 0.4) is 0 Å². The highest BCUT2D eigenvalue weighted by molar-refractivity contribution is 14.1. The zero-order valence-electron chi connectivity index (χ0n) is 12.0. The van der Waals surface area contributed by atoms with Crippen LogP contribution in [0.15, 0.2) is 18.2 Å². The van der Waals surface area contributed by atoms with Crippen LogP contribution in [0.25, 0.3) is 0 Å². The molecular weight excluding hydrogens is 399 g/mol. The van der Waals surface area contributed by atoms with E-state index in [4.69, 9.17) is 0 Å². The number of halogens is 1. The number of nitrogens with one attached hydrogen (secondary N) is 1. The lowest BCUT2D eigenvalue weighted by Crippen LogP contribution is -2.48. The van der Waals surface area contributed by atoms with E-state index in [-0.39, 0.29) is 22.7 Å². The number of carbonyl (C=O) groups is 2. The predicted molar refractivity (Wildman–Crippen MR) is 93.3 cm³/mol. The highest BCUT2D eigenvalue weighted by Crippen LogP contribution is 2.47. The van der Waals surface area contributed by atoms with E-state index >= 15 is 0 Å².